The van der Waals surface area contributed by atoms with E-state index < -0.39 is 0 Å². The third-order valence-corrected chi connectivity index (χ3v) is 4.19. The number of aromatic nitrogens is 3. The van der Waals surface area contributed by atoms with Gasteiger partial charge in [0.15, 0.2) is 0 Å². The lowest BCUT2D eigenvalue weighted by molar-refractivity contribution is 0.492. The normalized spacial score (nSPS) is 11.1. The second-order valence-corrected chi connectivity index (χ2v) is 6.09. The molecule has 0 atom stereocenters. The van der Waals surface area contributed by atoms with Gasteiger partial charge in [-0.05, 0) is 25.0 Å². The zero-order valence-corrected chi connectivity index (χ0v) is 13.9. The van der Waals surface area contributed by atoms with E-state index in [1.807, 2.05) is 24.3 Å². The summed E-state index contributed by atoms with van der Waals surface area (Å²) in [5.41, 5.74) is 0.642. The first-order valence-corrected chi connectivity index (χ1v) is 8.83. The maximum absolute atomic E-state index is 12.2. The highest BCUT2D eigenvalue weighted by molar-refractivity contribution is 9.09. The van der Waals surface area contributed by atoms with Crippen molar-refractivity contribution in [1.29, 1.82) is 0 Å². The summed E-state index contributed by atoms with van der Waals surface area (Å²) in [4.78, 5) is 12.2. The minimum Gasteiger partial charge on any atom is -0.267 e. The molecule has 1 heterocycles. The molecule has 0 radical (unpaired) electrons. The van der Waals surface area contributed by atoms with Gasteiger partial charge in [0.2, 0.25) is 0 Å². The number of benzene rings is 1. The first-order chi connectivity index (χ1) is 10.3. The van der Waals surface area contributed by atoms with E-state index in [-0.39, 0.29) is 5.56 Å². The topological polar surface area (TPSA) is 47.8 Å². The SMILES string of the molecule is O=c1c2ccccc2nnn1CCCCCCCCCBr. The maximum atomic E-state index is 12.2. The molecule has 0 saturated carbocycles. The molecule has 1 aromatic heterocycles. The molecule has 0 aliphatic carbocycles. The minimum atomic E-state index is -0.0297. The van der Waals surface area contributed by atoms with Crippen LogP contribution in [0.2, 0.25) is 0 Å². The number of aryl methyl sites for hydroxylation is 1. The van der Waals surface area contributed by atoms with Gasteiger partial charge >= 0.3 is 0 Å². The Balaban J connectivity index is 1.76. The van der Waals surface area contributed by atoms with Crippen LogP contribution in [-0.2, 0) is 6.54 Å². The Morgan fingerprint density at radius 1 is 0.952 bits per heavy atom. The third kappa shape index (κ3) is 4.92. The number of rotatable bonds is 9. The summed E-state index contributed by atoms with van der Waals surface area (Å²) >= 11 is 3.45. The van der Waals surface area contributed by atoms with Gasteiger partial charge in [-0.25, -0.2) is 4.68 Å². The van der Waals surface area contributed by atoms with Gasteiger partial charge in [-0.1, -0.05) is 65.4 Å². The summed E-state index contributed by atoms with van der Waals surface area (Å²) in [7, 11) is 0. The standard InChI is InChI=1S/C16H22BrN3O/c17-12-8-4-2-1-3-5-9-13-20-16(21)14-10-6-7-11-15(14)18-19-20/h6-7,10-11H,1-5,8-9,12-13H2. The average Bonchev–Trinajstić information content (AvgIpc) is 2.52. The summed E-state index contributed by atoms with van der Waals surface area (Å²) in [5, 5.41) is 9.88. The van der Waals surface area contributed by atoms with E-state index in [2.05, 4.69) is 26.2 Å². The Morgan fingerprint density at radius 2 is 1.62 bits per heavy atom. The monoisotopic (exact) mass is 351 g/mol. The summed E-state index contributed by atoms with van der Waals surface area (Å²) < 4.78 is 1.49. The third-order valence-electron chi connectivity index (χ3n) is 3.63. The number of hydrogen-bond donors (Lipinski definition) is 0. The molecule has 21 heavy (non-hydrogen) atoms. The van der Waals surface area contributed by atoms with Gasteiger partial charge in [-0.2, -0.15) is 0 Å². The van der Waals surface area contributed by atoms with Gasteiger partial charge in [0.05, 0.1) is 5.39 Å². The molecule has 0 N–H and O–H groups in total. The Labute approximate surface area is 133 Å². The summed E-state index contributed by atoms with van der Waals surface area (Å²) in [5.74, 6) is 0. The fourth-order valence-electron chi connectivity index (χ4n) is 2.41. The molecule has 2 aromatic rings. The molecule has 4 nitrogen and oxygen atoms in total. The van der Waals surface area contributed by atoms with Crippen LogP contribution in [0.25, 0.3) is 10.9 Å². The first-order valence-electron chi connectivity index (χ1n) is 7.71. The van der Waals surface area contributed by atoms with Crippen molar-refractivity contribution in [2.24, 2.45) is 0 Å². The van der Waals surface area contributed by atoms with Crippen molar-refractivity contribution in [3.8, 4) is 0 Å². The van der Waals surface area contributed by atoms with Gasteiger partial charge < -0.3 is 0 Å². The number of halogens is 1. The summed E-state index contributed by atoms with van der Waals surface area (Å²) in [6.07, 6.45) is 8.54. The highest BCUT2D eigenvalue weighted by Gasteiger charge is 2.04. The molecule has 5 heteroatoms. The lowest BCUT2D eigenvalue weighted by atomic mass is 10.1. The van der Waals surface area contributed by atoms with Gasteiger partial charge in [0.25, 0.3) is 5.56 Å². The van der Waals surface area contributed by atoms with E-state index in [0.29, 0.717) is 17.4 Å². The van der Waals surface area contributed by atoms with E-state index in [1.165, 1.54) is 36.8 Å². The van der Waals surface area contributed by atoms with Crippen molar-refractivity contribution in [2.45, 2.75) is 51.5 Å². The highest BCUT2D eigenvalue weighted by Crippen LogP contribution is 2.09. The molecule has 0 bridgehead atoms. The largest absolute Gasteiger partial charge is 0.277 e. The van der Waals surface area contributed by atoms with Crippen molar-refractivity contribution in [2.75, 3.05) is 5.33 Å². The first kappa shape index (κ1) is 16.1. The fourth-order valence-corrected chi connectivity index (χ4v) is 2.81. The molecule has 0 saturated heterocycles. The molecule has 0 spiro atoms. The lowest BCUT2D eigenvalue weighted by Gasteiger charge is -2.05. The predicted molar refractivity (Wildman–Crippen MR) is 89.9 cm³/mol. The Hall–Kier alpha value is -1.23. The number of fused-ring (bicyclic) bond motifs is 1. The zero-order chi connectivity index (χ0) is 14.9. The average molecular weight is 352 g/mol. The van der Waals surface area contributed by atoms with E-state index in [4.69, 9.17) is 0 Å². The molecule has 0 aliphatic heterocycles. The number of hydrogen-bond acceptors (Lipinski definition) is 3. The van der Waals surface area contributed by atoms with E-state index in [0.717, 1.165) is 18.2 Å². The highest BCUT2D eigenvalue weighted by atomic mass is 79.9. The van der Waals surface area contributed by atoms with Crippen LogP contribution < -0.4 is 5.56 Å². The number of alkyl halides is 1. The molecule has 1 aromatic carbocycles. The molecule has 0 unspecified atom stereocenters. The van der Waals surface area contributed by atoms with E-state index in [1.54, 1.807) is 0 Å². The van der Waals surface area contributed by atoms with E-state index in [9.17, 15) is 4.79 Å². The Kier molecular flexibility index (Phi) is 6.86. The maximum Gasteiger partial charge on any atom is 0.277 e. The smallest absolute Gasteiger partial charge is 0.267 e. The van der Waals surface area contributed by atoms with Crippen molar-refractivity contribution in [1.82, 2.24) is 15.0 Å². The molecule has 2 rings (SSSR count). The Bertz CT molecular complexity index is 612. The van der Waals surface area contributed by atoms with Crippen molar-refractivity contribution in [3.05, 3.63) is 34.6 Å². The van der Waals surface area contributed by atoms with Gasteiger partial charge in [-0.3, -0.25) is 4.79 Å². The Morgan fingerprint density at radius 3 is 2.38 bits per heavy atom. The van der Waals surface area contributed by atoms with Crippen LogP contribution in [-0.4, -0.2) is 20.3 Å². The molecular formula is C16H22BrN3O. The van der Waals surface area contributed by atoms with Crippen LogP contribution >= 0.6 is 15.9 Å². The molecule has 0 amide bonds. The van der Waals surface area contributed by atoms with Crippen molar-refractivity contribution >= 4 is 26.8 Å². The van der Waals surface area contributed by atoms with E-state index >= 15 is 0 Å². The molecule has 0 fully saturated rings. The summed E-state index contributed by atoms with van der Waals surface area (Å²) in [6, 6.07) is 7.37. The van der Waals surface area contributed by atoms with Crippen LogP contribution in [0.3, 0.4) is 0 Å². The van der Waals surface area contributed by atoms with Crippen LogP contribution in [0.4, 0.5) is 0 Å². The van der Waals surface area contributed by atoms with Crippen LogP contribution in [0.1, 0.15) is 44.9 Å². The fraction of sp³-hybridized carbons (Fsp3) is 0.562. The second kappa shape index (κ2) is 8.93. The molecular weight excluding hydrogens is 330 g/mol. The van der Waals surface area contributed by atoms with Crippen molar-refractivity contribution < 1.29 is 0 Å². The van der Waals surface area contributed by atoms with Crippen LogP contribution in [0.5, 0.6) is 0 Å². The van der Waals surface area contributed by atoms with Gasteiger partial charge in [0, 0.05) is 11.9 Å². The van der Waals surface area contributed by atoms with Crippen LogP contribution in [0, 0.1) is 0 Å². The zero-order valence-electron chi connectivity index (χ0n) is 12.3. The van der Waals surface area contributed by atoms with Crippen LogP contribution in [0.15, 0.2) is 29.1 Å². The lowest BCUT2D eigenvalue weighted by Crippen LogP contribution is -2.24. The second-order valence-electron chi connectivity index (χ2n) is 5.30. The predicted octanol–water partition coefficient (Wildman–Crippen LogP) is 3.92. The van der Waals surface area contributed by atoms with Crippen molar-refractivity contribution in [3.63, 3.8) is 0 Å². The quantitative estimate of drug-likeness (QED) is 0.508. The van der Waals surface area contributed by atoms with Gasteiger partial charge in [0.1, 0.15) is 5.52 Å². The number of nitrogens with zero attached hydrogens (tertiary/aromatic N) is 3. The van der Waals surface area contributed by atoms with Gasteiger partial charge in [-0.15, -0.1) is 5.10 Å². The number of unbranched alkanes of at least 4 members (excludes halogenated alkanes) is 6. The molecule has 114 valence electrons. The summed E-state index contributed by atoms with van der Waals surface area (Å²) in [6.45, 7) is 0.665. The minimum absolute atomic E-state index is 0.0297. The molecule has 0 aliphatic rings.